The number of likely N-dealkylation sites (tertiary alicyclic amines) is 1. The van der Waals surface area contributed by atoms with Gasteiger partial charge >= 0.3 is 12.2 Å². The van der Waals surface area contributed by atoms with Crippen LogP contribution in [0.3, 0.4) is 0 Å². The minimum atomic E-state index is -3.33. The van der Waals surface area contributed by atoms with Gasteiger partial charge < -0.3 is 30.7 Å². The van der Waals surface area contributed by atoms with Crippen LogP contribution in [0.5, 0.6) is 0 Å². The van der Waals surface area contributed by atoms with Crippen molar-refractivity contribution < 1.29 is 32.6 Å². The highest BCUT2D eigenvalue weighted by Crippen LogP contribution is 2.39. The van der Waals surface area contributed by atoms with Crippen LogP contribution in [0.2, 0.25) is 5.02 Å². The lowest BCUT2D eigenvalue weighted by Crippen LogP contribution is -2.59. The highest BCUT2D eigenvalue weighted by molar-refractivity contribution is 7.89. The molecule has 3 aliphatic heterocycles. The summed E-state index contributed by atoms with van der Waals surface area (Å²) in [6.45, 7) is 1.74. The topological polar surface area (TPSA) is 157 Å². The number of alkyl carbamates (subject to hydrolysis) is 1. The van der Waals surface area contributed by atoms with Gasteiger partial charge in [-0.25, -0.2) is 18.0 Å². The molecule has 4 aliphatic rings. The van der Waals surface area contributed by atoms with Crippen LogP contribution in [0.1, 0.15) is 75.7 Å². The molecule has 0 spiro atoms. The number of ether oxygens (including phenoxy) is 1. The van der Waals surface area contributed by atoms with Gasteiger partial charge in [0.15, 0.2) is 0 Å². The fourth-order valence-corrected chi connectivity index (χ4v) is 9.83. The van der Waals surface area contributed by atoms with Gasteiger partial charge in [0.1, 0.15) is 6.04 Å². The first-order valence-electron chi connectivity index (χ1n) is 16.1. The summed E-state index contributed by atoms with van der Waals surface area (Å²) in [4.78, 5) is 40.1. The second-order valence-corrected chi connectivity index (χ2v) is 15.6. The van der Waals surface area contributed by atoms with E-state index < -0.39 is 39.7 Å². The summed E-state index contributed by atoms with van der Waals surface area (Å²) < 4.78 is 32.8. The number of piperazine rings is 1. The summed E-state index contributed by atoms with van der Waals surface area (Å²) in [6, 6.07) is 6.22. The number of nitrogens with one attached hydrogen (secondary N) is 3. The number of fused-ring (bicyclic) bond motifs is 2. The molecule has 250 valence electrons. The summed E-state index contributed by atoms with van der Waals surface area (Å²) >= 11 is 6.21. The molecule has 1 aromatic rings. The molecular weight excluding hydrogens is 622 g/mol. The first-order valence-corrected chi connectivity index (χ1v) is 18.1. The van der Waals surface area contributed by atoms with E-state index >= 15 is 0 Å². The molecule has 14 heteroatoms. The molecule has 4 fully saturated rings. The maximum absolute atomic E-state index is 14.4. The van der Waals surface area contributed by atoms with Crippen molar-refractivity contribution in [1.29, 1.82) is 0 Å². The molecule has 1 aliphatic carbocycles. The molecular formula is C31H46ClN5O7S. The Morgan fingerprint density at radius 1 is 1.11 bits per heavy atom. The zero-order valence-electron chi connectivity index (χ0n) is 25.9. The van der Waals surface area contributed by atoms with Crippen LogP contribution in [0.4, 0.5) is 9.59 Å². The number of carboxylic acid groups (broad SMARTS) is 1. The number of halogens is 1. The Balaban J connectivity index is 1.38. The largest absolute Gasteiger partial charge is 0.465 e. The van der Waals surface area contributed by atoms with Gasteiger partial charge in [0.05, 0.1) is 12.9 Å². The maximum Gasteiger partial charge on any atom is 0.407 e. The molecule has 3 heterocycles. The van der Waals surface area contributed by atoms with Crippen molar-refractivity contribution in [1.82, 2.24) is 25.2 Å². The number of sulfonamides is 1. The van der Waals surface area contributed by atoms with E-state index in [0.717, 1.165) is 37.7 Å². The average molecular weight is 668 g/mol. The summed E-state index contributed by atoms with van der Waals surface area (Å²) in [5.41, 5.74) is 0.288. The third-order valence-corrected chi connectivity index (χ3v) is 12.6. The fourth-order valence-electron chi connectivity index (χ4n) is 7.89. The third kappa shape index (κ3) is 8.04. The van der Waals surface area contributed by atoms with E-state index in [-0.39, 0.29) is 29.7 Å². The quantitative estimate of drug-likeness (QED) is 0.312. The van der Waals surface area contributed by atoms with Crippen molar-refractivity contribution in [2.24, 2.45) is 5.92 Å². The van der Waals surface area contributed by atoms with Crippen molar-refractivity contribution in [2.45, 2.75) is 93.8 Å². The number of carbonyl (C=O) groups is 3. The standard InChI is InChI=1S/C31H46ClN5O7S/c1-44-29(39)34-27(26(21-6-8-23(32)9-7-21)22-11-16-36(17-12-22)30(40)41)28(38)35-31(13-2-3-14-31)15-10-25-19-33-24-5-4-18-45(42,43)37(25)20-24/h6-9,22,24-27,33H,2-5,10-20H2,1H3,(H,34,39)(H,35,38)(H,40,41)/t24-,25+,26+,27-/m1/s1. The van der Waals surface area contributed by atoms with E-state index in [0.29, 0.717) is 63.3 Å². The molecule has 1 unspecified atom stereocenters. The minimum absolute atomic E-state index is 0.0938. The number of piperidine rings is 1. The summed E-state index contributed by atoms with van der Waals surface area (Å²) in [6.07, 6.45) is 5.50. The van der Waals surface area contributed by atoms with Crippen LogP contribution in [0.25, 0.3) is 0 Å². The van der Waals surface area contributed by atoms with Gasteiger partial charge in [0.25, 0.3) is 0 Å². The number of rotatable bonds is 9. The van der Waals surface area contributed by atoms with Gasteiger partial charge in [-0.3, -0.25) is 4.79 Å². The van der Waals surface area contributed by atoms with Crippen molar-refractivity contribution in [2.75, 3.05) is 39.0 Å². The molecule has 3 amide bonds. The van der Waals surface area contributed by atoms with Gasteiger partial charge in [0.2, 0.25) is 15.9 Å². The number of methoxy groups -OCH3 is 1. The molecule has 12 nitrogen and oxygen atoms in total. The summed E-state index contributed by atoms with van der Waals surface area (Å²) in [5, 5.41) is 19.8. The van der Waals surface area contributed by atoms with Crippen LogP contribution in [-0.2, 0) is 19.6 Å². The summed E-state index contributed by atoms with van der Waals surface area (Å²) in [5.74, 6) is -0.713. The summed E-state index contributed by atoms with van der Waals surface area (Å²) in [7, 11) is -2.08. The monoisotopic (exact) mass is 667 g/mol. The first-order chi connectivity index (χ1) is 21.5. The van der Waals surface area contributed by atoms with Crippen LogP contribution < -0.4 is 16.0 Å². The minimum Gasteiger partial charge on any atom is -0.465 e. The Morgan fingerprint density at radius 2 is 1.80 bits per heavy atom. The molecule has 2 bridgehead atoms. The average Bonchev–Trinajstić information content (AvgIpc) is 3.44. The zero-order chi connectivity index (χ0) is 32.2. The lowest BCUT2D eigenvalue weighted by atomic mass is 9.75. The Hall–Kier alpha value is -2.61. The highest BCUT2D eigenvalue weighted by Gasteiger charge is 2.44. The van der Waals surface area contributed by atoms with Crippen LogP contribution in [-0.4, -0.2) is 104 Å². The maximum atomic E-state index is 14.4. The Kier molecular flexibility index (Phi) is 10.8. The Bertz CT molecular complexity index is 1320. The highest BCUT2D eigenvalue weighted by atomic mass is 35.5. The lowest BCUT2D eigenvalue weighted by Gasteiger charge is -2.41. The molecule has 45 heavy (non-hydrogen) atoms. The number of hydrogen-bond donors (Lipinski definition) is 4. The molecule has 0 aromatic heterocycles. The van der Waals surface area contributed by atoms with Gasteiger partial charge in [-0.05, 0) is 75.0 Å². The van der Waals surface area contributed by atoms with E-state index in [1.165, 1.54) is 12.0 Å². The van der Waals surface area contributed by atoms with E-state index in [4.69, 9.17) is 16.3 Å². The molecule has 0 radical (unpaired) electrons. The van der Waals surface area contributed by atoms with Crippen molar-refractivity contribution >= 4 is 39.7 Å². The Labute approximate surface area is 270 Å². The smallest absolute Gasteiger partial charge is 0.407 e. The number of nitrogens with zero attached hydrogens (tertiary/aromatic N) is 2. The first kappa shape index (κ1) is 33.7. The predicted molar refractivity (Wildman–Crippen MR) is 170 cm³/mol. The van der Waals surface area contributed by atoms with E-state index in [9.17, 15) is 27.9 Å². The van der Waals surface area contributed by atoms with E-state index in [1.807, 2.05) is 12.1 Å². The van der Waals surface area contributed by atoms with Crippen LogP contribution in [0, 0.1) is 5.92 Å². The van der Waals surface area contributed by atoms with Crippen molar-refractivity contribution in [3.05, 3.63) is 34.9 Å². The predicted octanol–water partition coefficient (Wildman–Crippen LogP) is 3.51. The van der Waals surface area contributed by atoms with Crippen LogP contribution >= 0.6 is 11.6 Å². The van der Waals surface area contributed by atoms with E-state index in [1.54, 1.807) is 16.4 Å². The van der Waals surface area contributed by atoms with Crippen molar-refractivity contribution in [3.63, 3.8) is 0 Å². The van der Waals surface area contributed by atoms with Gasteiger partial charge in [-0.2, -0.15) is 4.31 Å². The number of benzene rings is 1. The second-order valence-electron chi connectivity index (χ2n) is 13.1. The number of hydrogen-bond acceptors (Lipinski definition) is 7. The van der Waals surface area contributed by atoms with Crippen molar-refractivity contribution in [3.8, 4) is 0 Å². The molecule has 1 aromatic carbocycles. The van der Waals surface area contributed by atoms with E-state index in [2.05, 4.69) is 16.0 Å². The molecule has 4 N–H and O–H groups in total. The SMILES string of the molecule is COC(=O)N[C@@H](C(=O)NC1(CC[C@H]2CN[C@@H]3CCCS(=O)(=O)N2C3)CCCC1)[C@@H](c1ccc(Cl)cc1)C1CCN(C(=O)O)CC1. The third-order valence-electron chi connectivity index (χ3n) is 10.3. The molecule has 5 rings (SSSR count). The van der Waals surface area contributed by atoms with Gasteiger partial charge in [0, 0.05) is 54.7 Å². The van der Waals surface area contributed by atoms with Gasteiger partial charge in [-0.1, -0.05) is 36.6 Å². The molecule has 5 atom stereocenters. The van der Waals surface area contributed by atoms with Crippen LogP contribution in [0.15, 0.2) is 24.3 Å². The Morgan fingerprint density at radius 3 is 2.44 bits per heavy atom. The fraction of sp³-hybridized carbons (Fsp3) is 0.710. The number of carbonyl (C=O) groups excluding carboxylic acids is 2. The lowest BCUT2D eigenvalue weighted by molar-refractivity contribution is -0.126. The normalized spacial score (nSPS) is 27.5. The van der Waals surface area contributed by atoms with Gasteiger partial charge in [-0.15, -0.1) is 0 Å². The molecule has 1 saturated carbocycles. The number of amides is 3. The second kappa shape index (κ2) is 14.4. The molecule has 3 saturated heterocycles. The zero-order valence-corrected chi connectivity index (χ0v) is 27.5.